The Balaban J connectivity index is 2.05. The normalized spacial score (nSPS) is 11.7. The number of para-hydroxylation sites is 1. The van der Waals surface area contributed by atoms with Gasteiger partial charge in [-0.15, -0.1) is 0 Å². The molecule has 0 aliphatic carbocycles. The number of rotatable bonds is 11. The molecule has 0 saturated carbocycles. The number of guanidine groups is 1. The number of aliphatic imine (C=N–C) groups is 1. The third-order valence-corrected chi connectivity index (χ3v) is 4.56. The topological polar surface area (TPSA) is 74.9 Å². The predicted octanol–water partition coefficient (Wildman–Crippen LogP) is 3.00. The molecule has 2 N–H and O–H groups in total. The summed E-state index contributed by atoms with van der Waals surface area (Å²) in [5.74, 6) is 2.58. The highest BCUT2D eigenvalue weighted by Gasteiger charge is 2.13. The van der Waals surface area contributed by atoms with E-state index in [0.717, 1.165) is 60.2 Å². The van der Waals surface area contributed by atoms with E-state index in [-0.39, 0.29) is 0 Å². The maximum absolute atomic E-state index is 5.95. The number of hydrogen-bond acceptors (Lipinski definition) is 5. The largest absolute Gasteiger partial charge is 0.492 e. The fourth-order valence-corrected chi connectivity index (χ4v) is 2.93. The average Bonchev–Trinajstić information content (AvgIpc) is 3.12. The maximum atomic E-state index is 5.95. The maximum Gasteiger partial charge on any atom is 0.191 e. The molecule has 1 heterocycles. The molecule has 29 heavy (non-hydrogen) atoms. The Morgan fingerprint density at radius 2 is 1.93 bits per heavy atom. The van der Waals surface area contributed by atoms with Crippen molar-refractivity contribution in [2.45, 2.75) is 46.7 Å². The molecule has 0 fully saturated rings. The first-order valence-electron chi connectivity index (χ1n) is 10.4. The SMILES string of the molecule is CCNC(=NCc1ccccc1OCCN(C)C)NCc1c(CC)noc1CC. The molecule has 0 aliphatic heterocycles. The highest BCUT2D eigenvalue weighted by Crippen LogP contribution is 2.19. The van der Waals surface area contributed by atoms with E-state index in [0.29, 0.717) is 19.7 Å². The Morgan fingerprint density at radius 3 is 2.62 bits per heavy atom. The van der Waals surface area contributed by atoms with E-state index in [1.807, 2.05) is 32.3 Å². The summed E-state index contributed by atoms with van der Waals surface area (Å²) in [6.07, 6.45) is 1.68. The Bertz CT molecular complexity index is 749. The van der Waals surface area contributed by atoms with Gasteiger partial charge >= 0.3 is 0 Å². The number of hydrogen-bond donors (Lipinski definition) is 2. The lowest BCUT2D eigenvalue weighted by atomic mass is 10.1. The number of nitrogens with one attached hydrogen (secondary N) is 2. The molecule has 0 saturated heterocycles. The van der Waals surface area contributed by atoms with E-state index in [1.165, 1.54) is 0 Å². The second-order valence-corrected chi connectivity index (χ2v) is 7.05. The van der Waals surface area contributed by atoms with Crippen LogP contribution in [-0.4, -0.2) is 49.8 Å². The summed E-state index contributed by atoms with van der Waals surface area (Å²) >= 11 is 0. The van der Waals surface area contributed by atoms with Crippen molar-refractivity contribution in [2.75, 3.05) is 33.8 Å². The lowest BCUT2D eigenvalue weighted by Gasteiger charge is -2.14. The van der Waals surface area contributed by atoms with Gasteiger partial charge in [0.05, 0.1) is 12.2 Å². The van der Waals surface area contributed by atoms with Crippen LogP contribution >= 0.6 is 0 Å². The van der Waals surface area contributed by atoms with Crippen molar-refractivity contribution >= 4 is 5.96 Å². The minimum Gasteiger partial charge on any atom is -0.492 e. The number of aryl methyl sites for hydroxylation is 2. The van der Waals surface area contributed by atoms with E-state index >= 15 is 0 Å². The van der Waals surface area contributed by atoms with Gasteiger partial charge in [0.2, 0.25) is 0 Å². The molecule has 0 radical (unpaired) electrons. The standard InChI is InChI=1S/C22H35N5O2/c1-6-19-18(20(7-2)29-26-19)16-25-22(23-8-3)24-15-17-11-9-10-12-21(17)28-14-13-27(4)5/h9-12H,6-8,13-16H2,1-5H3,(H2,23,24,25). The van der Waals surface area contributed by atoms with E-state index in [9.17, 15) is 0 Å². The number of aromatic nitrogens is 1. The molecule has 0 aliphatic rings. The molecule has 1 aromatic carbocycles. The Kier molecular flexibility index (Phi) is 9.50. The van der Waals surface area contributed by atoms with Crippen LogP contribution in [0.1, 0.15) is 43.4 Å². The molecule has 0 amide bonds. The van der Waals surface area contributed by atoms with Crippen LogP contribution in [0.5, 0.6) is 5.75 Å². The van der Waals surface area contributed by atoms with E-state index in [1.54, 1.807) is 0 Å². The fraction of sp³-hybridized carbons (Fsp3) is 0.545. The van der Waals surface area contributed by atoms with Gasteiger partial charge in [0.1, 0.15) is 18.1 Å². The minimum atomic E-state index is 0.540. The van der Waals surface area contributed by atoms with Gasteiger partial charge < -0.3 is 24.8 Å². The van der Waals surface area contributed by atoms with Gasteiger partial charge in [-0.3, -0.25) is 0 Å². The lowest BCUT2D eigenvalue weighted by molar-refractivity contribution is 0.259. The number of likely N-dealkylation sites (N-methyl/N-ethyl adjacent to an activating group) is 1. The third-order valence-electron chi connectivity index (χ3n) is 4.56. The molecule has 1 aromatic heterocycles. The molecule has 0 bridgehead atoms. The zero-order chi connectivity index (χ0) is 21.1. The van der Waals surface area contributed by atoms with Gasteiger partial charge in [0.25, 0.3) is 0 Å². The van der Waals surface area contributed by atoms with Crippen molar-refractivity contribution < 1.29 is 9.26 Å². The molecule has 0 atom stereocenters. The van der Waals surface area contributed by atoms with Crippen LogP contribution in [0.4, 0.5) is 0 Å². The number of nitrogens with zero attached hydrogens (tertiary/aromatic N) is 3. The Hall–Kier alpha value is -2.54. The molecule has 160 valence electrons. The molecule has 0 unspecified atom stereocenters. The lowest BCUT2D eigenvalue weighted by Crippen LogP contribution is -2.37. The highest BCUT2D eigenvalue weighted by molar-refractivity contribution is 5.79. The monoisotopic (exact) mass is 401 g/mol. The van der Waals surface area contributed by atoms with Crippen LogP contribution in [0.25, 0.3) is 0 Å². The first kappa shape index (κ1) is 22.7. The van der Waals surface area contributed by atoms with Gasteiger partial charge in [-0.1, -0.05) is 37.2 Å². The van der Waals surface area contributed by atoms with Gasteiger partial charge in [0, 0.05) is 37.2 Å². The summed E-state index contributed by atoms with van der Waals surface area (Å²) in [5.41, 5.74) is 3.20. The zero-order valence-corrected chi connectivity index (χ0v) is 18.4. The molecule has 7 nitrogen and oxygen atoms in total. The van der Waals surface area contributed by atoms with Crippen LogP contribution in [0, 0.1) is 0 Å². The second kappa shape index (κ2) is 12.1. The highest BCUT2D eigenvalue weighted by atomic mass is 16.5. The molecular weight excluding hydrogens is 366 g/mol. The Morgan fingerprint density at radius 1 is 1.14 bits per heavy atom. The quantitative estimate of drug-likeness (QED) is 0.445. The van der Waals surface area contributed by atoms with Gasteiger partial charge in [0.15, 0.2) is 5.96 Å². The molecular formula is C22H35N5O2. The summed E-state index contributed by atoms with van der Waals surface area (Å²) in [6, 6.07) is 8.07. The zero-order valence-electron chi connectivity index (χ0n) is 18.4. The van der Waals surface area contributed by atoms with Crippen LogP contribution in [0.3, 0.4) is 0 Å². The van der Waals surface area contributed by atoms with Crippen molar-refractivity contribution in [1.29, 1.82) is 0 Å². The summed E-state index contributed by atoms with van der Waals surface area (Å²) in [4.78, 5) is 6.86. The summed E-state index contributed by atoms with van der Waals surface area (Å²) < 4.78 is 11.4. The van der Waals surface area contributed by atoms with Crippen molar-refractivity contribution in [3.05, 3.63) is 46.8 Å². The third kappa shape index (κ3) is 7.09. The van der Waals surface area contributed by atoms with E-state index in [2.05, 4.69) is 47.5 Å². The fourth-order valence-electron chi connectivity index (χ4n) is 2.93. The smallest absolute Gasteiger partial charge is 0.191 e. The number of benzene rings is 1. The number of ether oxygens (including phenoxy) is 1. The molecule has 0 spiro atoms. The summed E-state index contributed by atoms with van der Waals surface area (Å²) in [6.45, 7) is 9.73. The predicted molar refractivity (Wildman–Crippen MR) is 117 cm³/mol. The van der Waals surface area contributed by atoms with Crippen LogP contribution in [0.2, 0.25) is 0 Å². The van der Waals surface area contributed by atoms with Gasteiger partial charge in [-0.2, -0.15) is 0 Å². The Labute approximate surface area is 174 Å². The molecule has 2 rings (SSSR count). The van der Waals surface area contributed by atoms with Crippen molar-refractivity contribution in [2.24, 2.45) is 4.99 Å². The average molecular weight is 402 g/mol. The van der Waals surface area contributed by atoms with Crippen molar-refractivity contribution in [3.8, 4) is 5.75 Å². The minimum absolute atomic E-state index is 0.540. The van der Waals surface area contributed by atoms with Crippen molar-refractivity contribution in [3.63, 3.8) is 0 Å². The van der Waals surface area contributed by atoms with Crippen LogP contribution in [0.15, 0.2) is 33.8 Å². The van der Waals surface area contributed by atoms with Crippen LogP contribution in [-0.2, 0) is 25.9 Å². The first-order valence-corrected chi connectivity index (χ1v) is 10.4. The summed E-state index contributed by atoms with van der Waals surface area (Å²) in [7, 11) is 4.08. The first-order chi connectivity index (χ1) is 14.1. The van der Waals surface area contributed by atoms with Crippen LogP contribution < -0.4 is 15.4 Å². The van der Waals surface area contributed by atoms with Gasteiger partial charge in [-0.05, 0) is 33.5 Å². The van der Waals surface area contributed by atoms with Gasteiger partial charge in [-0.25, -0.2) is 4.99 Å². The molecule has 2 aromatic rings. The summed E-state index contributed by atoms with van der Waals surface area (Å²) in [5, 5.41) is 10.9. The molecule has 7 heteroatoms. The second-order valence-electron chi connectivity index (χ2n) is 7.05. The van der Waals surface area contributed by atoms with E-state index in [4.69, 9.17) is 14.3 Å². The van der Waals surface area contributed by atoms with E-state index < -0.39 is 0 Å². The van der Waals surface area contributed by atoms with Crippen molar-refractivity contribution in [1.82, 2.24) is 20.7 Å².